The highest BCUT2D eigenvalue weighted by Gasteiger charge is 2.47. The predicted molar refractivity (Wildman–Crippen MR) is 227 cm³/mol. The lowest BCUT2D eigenvalue weighted by Gasteiger charge is -2.32. The lowest BCUT2D eigenvalue weighted by Crippen LogP contribution is -2.32. The number of amides is 1. The fourth-order valence-electron chi connectivity index (χ4n) is 7.56. The van der Waals surface area contributed by atoms with Gasteiger partial charge in [0.15, 0.2) is 17.0 Å². The van der Waals surface area contributed by atoms with Crippen molar-refractivity contribution in [2.45, 2.75) is 66.4 Å². The van der Waals surface area contributed by atoms with Gasteiger partial charge < -0.3 is 23.8 Å². The molecule has 2 aliphatic heterocycles. The third-order valence-electron chi connectivity index (χ3n) is 11.8. The molecule has 8 rings (SSSR count). The normalized spacial score (nSPS) is 19.2. The third kappa shape index (κ3) is 8.17. The second-order valence-electron chi connectivity index (χ2n) is 16.8. The number of carbonyl (C=O) groups excluding carboxylic acids is 3. The maximum atomic E-state index is 14.2. The minimum atomic E-state index is -0.833. The van der Waals surface area contributed by atoms with Crippen LogP contribution in [0, 0.1) is 24.7 Å². The molecule has 4 heterocycles. The molecule has 308 valence electrons. The fourth-order valence-corrected chi connectivity index (χ4v) is 7.56. The summed E-state index contributed by atoms with van der Waals surface area (Å²) in [4.78, 5) is 58.9. The average Bonchev–Trinajstić information content (AvgIpc) is 3.90. The number of esters is 2. The molecule has 2 aromatic heterocycles. The van der Waals surface area contributed by atoms with Crippen LogP contribution < -0.4 is 14.5 Å². The van der Waals surface area contributed by atoms with E-state index >= 15 is 0 Å². The molecule has 6 aromatic rings. The molecule has 13 heteroatoms. The fraction of sp³-hybridized carbons (Fsp3) is 0.319. The number of benzene rings is 4. The van der Waals surface area contributed by atoms with E-state index in [4.69, 9.17) is 33.9 Å². The van der Waals surface area contributed by atoms with E-state index in [9.17, 15) is 14.4 Å². The molecule has 0 saturated carbocycles. The standard InChI is InChI=1S/C47H48N6O7/c1-30-17-21-32(22-18-30)42(54)57-26-37-36(59-43(55)33-23-19-31(2)20-24-33)25-38(58-37)52-29-48-39-40(51-27-46(3,4)47(5,6)28-51)49-44(50-41(39)52)60-45(56)53(34-13-9-7-10-14-34)35-15-11-8-12-16-35/h7-24,29,36-38H,25-28H2,1-6H3/t36-,37+,38+/m0/s1. The Morgan fingerprint density at radius 3 is 1.87 bits per heavy atom. The molecule has 60 heavy (non-hydrogen) atoms. The number of aromatic nitrogens is 4. The molecule has 0 aliphatic carbocycles. The van der Waals surface area contributed by atoms with Crippen molar-refractivity contribution in [1.82, 2.24) is 19.5 Å². The highest BCUT2D eigenvalue weighted by molar-refractivity contribution is 5.97. The summed E-state index contributed by atoms with van der Waals surface area (Å²) in [5.41, 5.74) is 4.64. The van der Waals surface area contributed by atoms with Crippen LogP contribution in [0.2, 0.25) is 0 Å². The third-order valence-corrected chi connectivity index (χ3v) is 11.8. The van der Waals surface area contributed by atoms with E-state index in [2.05, 4.69) is 32.6 Å². The first-order chi connectivity index (χ1) is 28.8. The molecule has 0 N–H and O–H groups in total. The lowest BCUT2D eigenvalue weighted by molar-refractivity contribution is -0.0563. The maximum Gasteiger partial charge on any atom is 0.426 e. The molecule has 13 nitrogen and oxygen atoms in total. The van der Waals surface area contributed by atoms with Gasteiger partial charge in [0.1, 0.15) is 25.0 Å². The Kier molecular flexibility index (Phi) is 10.9. The summed E-state index contributed by atoms with van der Waals surface area (Å²) in [5.74, 6) is -0.553. The number of aryl methyl sites for hydroxylation is 2. The van der Waals surface area contributed by atoms with Crippen LogP contribution in [0.3, 0.4) is 0 Å². The molecule has 0 radical (unpaired) electrons. The molecule has 2 saturated heterocycles. The Morgan fingerprint density at radius 2 is 1.30 bits per heavy atom. The van der Waals surface area contributed by atoms with Gasteiger partial charge in [0.05, 0.1) is 28.8 Å². The van der Waals surface area contributed by atoms with Crippen LogP contribution >= 0.6 is 0 Å². The molecule has 0 bridgehead atoms. The number of hydrogen-bond donors (Lipinski definition) is 0. The van der Waals surface area contributed by atoms with Crippen molar-refractivity contribution in [3.63, 3.8) is 0 Å². The Morgan fingerprint density at radius 1 is 0.750 bits per heavy atom. The van der Waals surface area contributed by atoms with Gasteiger partial charge >= 0.3 is 24.0 Å². The zero-order valence-corrected chi connectivity index (χ0v) is 34.6. The summed E-state index contributed by atoms with van der Waals surface area (Å²) >= 11 is 0. The van der Waals surface area contributed by atoms with Crippen molar-refractivity contribution in [2.75, 3.05) is 29.5 Å². The zero-order valence-electron chi connectivity index (χ0n) is 34.6. The maximum absolute atomic E-state index is 14.2. The second kappa shape index (κ2) is 16.2. The summed E-state index contributed by atoms with van der Waals surface area (Å²) in [6.45, 7) is 13.9. The second-order valence-corrected chi connectivity index (χ2v) is 16.8. The number of imidazole rings is 1. The van der Waals surface area contributed by atoms with Crippen molar-refractivity contribution in [3.05, 3.63) is 138 Å². The van der Waals surface area contributed by atoms with Crippen LogP contribution in [0.15, 0.2) is 116 Å². The van der Waals surface area contributed by atoms with Crippen LogP contribution in [-0.4, -0.2) is 69.5 Å². The quantitative estimate of drug-likeness (QED) is 0.123. The van der Waals surface area contributed by atoms with Crippen LogP contribution in [0.5, 0.6) is 6.01 Å². The number of rotatable bonds is 10. The van der Waals surface area contributed by atoms with Gasteiger partial charge in [0, 0.05) is 19.5 Å². The first-order valence-corrected chi connectivity index (χ1v) is 20.0. The van der Waals surface area contributed by atoms with Crippen molar-refractivity contribution < 1.29 is 33.3 Å². The molecule has 4 aromatic carbocycles. The topological polar surface area (TPSA) is 138 Å². The molecule has 1 amide bonds. The molecular formula is C47H48N6O7. The number of para-hydroxylation sites is 2. The number of ether oxygens (including phenoxy) is 4. The van der Waals surface area contributed by atoms with Gasteiger partial charge in [0.25, 0.3) is 0 Å². The number of fused-ring (bicyclic) bond motifs is 1. The van der Waals surface area contributed by atoms with Crippen LogP contribution in [0.4, 0.5) is 22.0 Å². The van der Waals surface area contributed by atoms with Gasteiger partial charge in [-0.2, -0.15) is 9.97 Å². The van der Waals surface area contributed by atoms with E-state index in [1.807, 2.05) is 98.8 Å². The van der Waals surface area contributed by atoms with Gasteiger partial charge in [-0.1, -0.05) is 99.5 Å². The number of nitrogens with zero attached hydrogens (tertiary/aromatic N) is 6. The Labute approximate surface area is 348 Å². The van der Waals surface area contributed by atoms with E-state index in [1.54, 1.807) is 35.2 Å². The largest absolute Gasteiger partial charge is 0.459 e. The van der Waals surface area contributed by atoms with E-state index in [1.165, 1.54) is 4.90 Å². The number of anilines is 3. The SMILES string of the molecule is Cc1ccc(C(=O)OC[C@H]2O[C@@H](n3cnc4c(N5CC(C)(C)C(C)(C)C5)nc(OC(=O)N(c5ccccc5)c5ccccc5)nc43)C[C@@H]2OC(=O)c2ccc(C)cc2)cc1. The molecule has 0 unspecified atom stereocenters. The predicted octanol–water partition coefficient (Wildman–Crippen LogP) is 9.02. The highest BCUT2D eigenvalue weighted by atomic mass is 16.6. The van der Waals surface area contributed by atoms with Crippen molar-refractivity contribution in [2.24, 2.45) is 10.8 Å². The smallest absolute Gasteiger partial charge is 0.426 e. The van der Waals surface area contributed by atoms with Crippen molar-refractivity contribution in [3.8, 4) is 6.01 Å². The Hall–Kier alpha value is -6.60. The van der Waals surface area contributed by atoms with E-state index in [-0.39, 0.29) is 29.9 Å². The molecular weight excluding hydrogens is 761 g/mol. The van der Waals surface area contributed by atoms with E-state index in [0.717, 1.165) is 11.1 Å². The first-order valence-electron chi connectivity index (χ1n) is 20.0. The number of carbonyl (C=O) groups is 3. The van der Waals surface area contributed by atoms with Gasteiger partial charge in [-0.05, 0) is 73.2 Å². The van der Waals surface area contributed by atoms with Gasteiger partial charge in [-0.15, -0.1) is 0 Å². The van der Waals surface area contributed by atoms with E-state index in [0.29, 0.717) is 52.6 Å². The highest BCUT2D eigenvalue weighted by Crippen LogP contribution is 2.47. The van der Waals surface area contributed by atoms with Crippen molar-refractivity contribution in [1.29, 1.82) is 0 Å². The molecule has 2 fully saturated rings. The monoisotopic (exact) mass is 808 g/mol. The molecule has 2 aliphatic rings. The summed E-state index contributed by atoms with van der Waals surface area (Å²) in [7, 11) is 0. The average molecular weight is 809 g/mol. The first kappa shape index (κ1) is 40.2. The van der Waals surface area contributed by atoms with Gasteiger partial charge in [-0.25, -0.2) is 24.3 Å². The molecule has 3 atom stereocenters. The summed E-state index contributed by atoms with van der Waals surface area (Å²) in [6, 6.07) is 32.4. The minimum absolute atomic E-state index is 0.0898. The summed E-state index contributed by atoms with van der Waals surface area (Å²) < 4.78 is 26.2. The zero-order chi connectivity index (χ0) is 42.2. The minimum Gasteiger partial charge on any atom is -0.459 e. The van der Waals surface area contributed by atoms with Gasteiger partial charge in [-0.3, -0.25) is 4.57 Å². The van der Waals surface area contributed by atoms with Crippen molar-refractivity contribution >= 4 is 46.4 Å². The Bertz CT molecular complexity index is 2450. The summed E-state index contributed by atoms with van der Waals surface area (Å²) in [6.07, 6.45) is -1.33. The van der Waals surface area contributed by atoms with E-state index < -0.39 is 36.5 Å². The van der Waals surface area contributed by atoms with Crippen LogP contribution in [0.25, 0.3) is 11.2 Å². The molecule has 0 spiro atoms. The van der Waals surface area contributed by atoms with Gasteiger partial charge in [0.2, 0.25) is 0 Å². The Balaban J connectivity index is 1.14. The lowest BCUT2D eigenvalue weighted by atomic mass is 9.71. The van der Waals surface area contributed by atoms with Crippen LogP contribution in [0.1, 0.15) is 72.2 Å². The summed E-state index contributed by atoms with van der Waals surface area (Å²) in [5, 5.41) is 0. The van der Waals surface area contributed by atoms with Crippen LogP contribution in [-0.2, 0) is 14.2 Å². The number of hydrogen-bond acceptors (Lipinski definition) is 11.